The maximum atomic E-state index is 12.4. The number of carbonyl (C=O) groups is 1. The lowest BCUT2D eigenvalue weighted by atomic mass is 10.1. The van der Waals surface area contributed by atoms with Crippen molar-refractivity contribution in [2.45, 2.75) is 19.0 Å². The highest BCUT2D eigenvalue weighted by atomic mass is 32.2. The Hall–Kier alpha value is -3.78. The number of nitrogens with zero attached hydrogens (tertiary/aromatic N) is 5. The smallest absolute Gasteiger partial charge is 0.250 e. The van der Waals surface area contributed by atoms with Crippen LogP contribution >= 0.6 is 11.8 Å². The van der Waals surface area contributed by atoms with Gasteiger partial charge in [0.15, 0.2) is 11.0 Å². The van der Waals surface area contributed by atoms with Crippen LogP contribution in [0.25, 0.3) is 17.1 Å². The molecule has 0 bridgehead atoms. The third-order valence-corrected chi connectivity index (χ3v) is 5.67. The molecule has 2 aromatic carbocycles. The second-order valence-electron chi connectivity index (χ2n) is 7.10. The van der Waals surface area contributed by atoms with E-state index in [2.05, 4.69) is 25.7 Å². The van der Waals surface area contributed by atoms with Crippen molar-refractivity contribution in [3.05, 3.63) is 90.3 Å². The predicted octanol–water partition coefficient (Wildman–Crippen LogP) is 4.27. The summed E-state index contributed by atoms with van der Waals surface area (Å²) in [6.07, 6.45) is 3.44. The summed E-state index contributed by atoms with van der Waals surface area (Å²) in [5, 5.41) is 13.6. The third kappa shape index (κ3) is 5.09. The number of aryl methyl sites for hydroxylation is 1. The van der Waals surface area contributed by atoms with Gasteiger partial charge in [-0.15, -0.1) is 10.2 Å². The van der Waals surface area contributed by atoms with E-state index in [1.165, 1.54) is 11.8 Å². The molecule has 2 heterocycles. The van der Waals surface area contributed by atoms with Crippen molar-refractivity contribution >= 4 is 23.4 Å². The van der Waals surface area contributed by atoms with Crippen molar-refractivity contribution < 1.29 is 4.79 Å². The van der Waals surface area contributed by atoms with E-state index in [4.69, 9.17) is 0 Å². The highest BCUT2D eigenvalue weighted by Crippen LogP contribution is 2.27. The maximum Gasteiger partial charge on any atom is 0.250 e. The molecule has 4 rings (SSSR count). The Morgan fingerprint density at radius 1 is 1.00 bits per heavy atom. The van der Waals surface area contributed by atoms with E-state index in [0.29, 0.717) is 11.0 Å². The minimum absolute atomic E-state index is 0.159. The monoisotopic (exact) mass is 442 g/mol. The summed E-state index contributed by atoms with van der Waals surface area (Å²) in [6.45, 7) is 3.90. The summed E-state index contributed by atoms with van der Waals surface area (Å²) in [4.78, 5) is 16.5. The fourth-order valence-electron chi connectivity index (χ4n) is 3.03. The quantitative estimate of drug-likeness (QED) is 0.262. The minimum Gasteiger partial charge on any atom is -0.272 e. The zero-order valence-electron chi connectivity index (χ0n) is 17.8. The molecule has 0 aliphatic rings. The fraction of sp³-hybridized carbons (Fsp3) is 0.125. The van der Waals surface area contributed by atoms with Crippen LogP contribution in [0.4, 0.5) is 0 Å². The molecule has 0 radical (unpaired) electrons. The normalized spacial score (nSPS) is 11.4. The zero-order chi connectivity index (χ0) is 22.3. The van der Waals surface area contributed by atoms with Gasteiger partial charge in [0.05, 0.1) is 11.5 Å². The number of nitrogens with one attached hydrogen (secondary N) is 1. The van der Waals surface area contributed by atoms with Crippen LogP contribution in [0.2, 0.25) is 0 Å². The van der Waals surface area contributed by atoms with Gasteiger partial charge in [0.1, 0.15) is 0 Å². The van der Waals surface area contributed by atoms with Gasteiger partial charge >= 0.3 is 0 Å². The standard InChI is InChI=1S/C24H22N6OS/c1-17-8-10-21(11-9-17)30-23(20-12-14-25-15-13-20)28-29-24(30)32-16-22(31)27-26-18(2)19-6-4-3-5-7-19/h3-15H,16H2,1-2H3,(H,27,31)/b26-18+. The summed E-state index contributed by atoms with van der Waals surface area (Å²) in [5.74, 6) is 0.637. The summed E-state index contributed by atoms with van der Waals surface area (Å²) >= 11 is 1.31. The summed E-state index contributed by atoms with van der Waals surface area (Å²) in [7, 11) is 0. The molecule has 0 aliphatic heterocycles. The molecule has 0 spiro atoms. The first-order valence-corrected chi connectivity index (χ1v) is 11.0. The van der Waals surface area contributed by atoms with Crippen molar-refractivity contribution in [3.63, 3.8) is 0 Å². The van der Waals surface area contributed by atoms with Gasteiger partial charge in [-0.1, -0.05) is 59.8 Å². The molecule has 0 fully saturated rings. The van der Waals surface area contributed by atoms with Crippen LogP contribution < -0.4 is 5.43 Å². The second-order valence-corrected chi connectivity index (χ2v) is 8.04. The molecule has 0 saturated carbocycles. The number of aromatic nitrogens is 4. The van der Waals surface area contributed by atoms with E-state index < -0.39 is 0 Å². The molecule has 1 N–H and O–H groups in total. The first kappa shape index (κ1) is 21.5. The molecular formula is C24H22N6OS. The van der Waals surface area contributed by atoms with Gasteiger partial charge < -0.3 is 0 Å². The Morgan fingerprint density at radius 2 is 1.72 bits per heavy atom. The topological polar surface area (TPSA) is 85.1 Å². The molecule has 0 atom stereocenters. The van der Waals surface area contributed by atoms with Crippen molar-refractivity contribution in [1.29, 1.82) is 0 Å². The number of hydrazone groups is 1. The fourth-order valence-corrected chi connectivity index (χ4v) is 3.77. The molecule has 160 valence electrons. The molecule has 0 saturated heterocycles. The minimum atomic E-state index is -0.214. The highest BCUT2D eigenvalue weighted by Gasteiger charge is 2.17. The summed E-state index contributed by atoms with van der Waals surface area (Å²) in [6, 6.07) is 21.6. The van der Waals surface area contributed by atoms with Crippen LogP contribution in [-0.4, -0.2) is 37.1 Å². The van der Waals surface area contributed by atoms with Crippen LogP contribution in [-0.2, 0) is 4.79 Å². The molecule has 8 heteroatoms. The Bertz CT molecular complexity index is 1220. The number of amides is 1. The molecule has 0 aliphatic carbocycles. The van der Waals surface area contributed by atoms with Gasteiger partial charge in [0.25, 0.3) is 5.91 Å². The lowest BCUT2D eigenvalue weighted by Gasteiger charge is -2.10. The Kier molecular flexibility index (Phi) is 6.72. The number of hydrogen-bond acceptors (Lipinski definition) is 6. The molecule has 0 unspecified atom stereocenters. The number of hydrogen-bond donors (Lipinski definition) is 1. The number of carbonyl (C=O) groups excluding carboxylic acids is 1. The van der Waals surface area contributed by atoms with E-state index in [0.717, 1.165) is 28.1 Å². The number of thioether (sulfide) groups is 1. The van der Waals surface area contributed by atoms with Crippen LogP contribution in [0.5, 0.6) is 0 Å². The average molecular weight is 443 g/mol. The van der Waals surface area contributed by atoms with Gasteiger partial charge in [-0.25, -0.2) is 5.43 Å². The van der Waals surface area contributed by atoms with E-state index >= 15 is 0 Å². The first-order chi connectivity index (χ1) is 15.6. The van der Waals surface area contributed by atoms with E-state index in [9.17, 15) is 4.79 Å². The van der Waals surface area contributed by atoms with Gasteiger partial charge in [-0.3, -0.25) is 14.3 Å². The Balaban J connectivity index is 1.53. The molecule has 4 aromatic rings. The number of benzene rings is 2. The second kappa shape index (κ2) is 10.0. The van der Waals surface area contributed by atoms with Crippen molar-refractivity contribution in [3.8, 4) is 17.1 Å². The van der Waals surface area contributed by atoms with Crippen LogP contribution in [0.3, 0.4) is 0 Å². The SMILES string of the molecule is C/C(=N\NC(=O)CSc1nnc(-c2ccncc2)n1-c1ccc(C)cc1)c1ccccc1. The molecule has 32 heavy (non-hydrogen) atoms. The number of pyridine rings is 1. The largest absolute Gasteiger partial charge is 0.272 e. The van der Waals surface area contributed by atoms with Crippen LogP contribution in [0.1, 0.15) is 18.1 Å². The van der Waals surface area contributed by atoms with Crippen LogP contribution in [0.15, 0.2) is 89.4 Å². The molecular weight excluding hydrogens is 420 g/mol. The van der Waals surface area contributed by atoms with Crippen LogP contribution in [0, 0.1) is 6.92 Å². The Morgan fingerprint density at radius 3 is 2.44 bits per heavy atom. The van der Waals surface area contributed by atoms with E-state index in [1.54, 1.807) is 12.4 Å². The van der Waals surface area contributed by atoms with Gasteiger partial charge in [0.2, 0.25) is 0 Å². The molecule has 1 amide bonds. The van der Waals surface area contributed by atoms with Gasteiger partial charge in [-0.05, 0) is 43.7 Å². The lowest BCUT2D eigenvalue weighted by Crippen LogP contribution is -2.21. The first-order valence-electron chi connectivity index (χ1n) is 10.1. The van der Waals surface area contributed by atoms with E-state index in [-0.39, 0.29) is 11.7 Å². The van der Waals surface area contributed by atoms with Gasteiger partial charge in [-0.2, -0.15) is 5.10 Å². The average Bonchev–Trinajstić information content (AvgIpc) is 3.27. The highest BCUT2D eigenvalue weighted by molar-refractivity contribution is 7.99. The number of rotatable bonds is 7. The molecule has 7 nitrogen and oxygen atoms in total. The van der Waals surface area contributed by atoms with E-state index in [1.807, 2.05) is 85.1 Å². The van der Waals surface area contributed by atoms with Gasteiger partial charge in [0, 0.05) is 23.6 Å². The van der Waals surface area contributed by atoms with Crippen molar-refractivity contribution in [2.75, 3.05) is 5.75 Å². The summed E-state index contributed by atoms with van der Waals surface area (Å²) in [5.41, 5.74) is 7.30. The van der Waals surface area contributed by atoms with Crippen molar-refractivity contribution in [2.24, 2.45) is 5.10 Å². The molecule has 2 aromatic heterocycles. The predicted molar refractivity (Wildman–Crippen MR) is 127 cm³/mol. The lowest BCUT2D eigenvalue weighted by molar-refractivity contribution is -0.118. The Labute approximate surface area is 190 Å². The maximum absolute atomic E-state index is 12.4. The summed E-state index contributed by atoms with van der Waals surface area (Å²) < 4.78 is 1.95. The van der Waals surface area contributed by atoms with Crippen molar-refractivity contribution in [1.82, 2.24) is 25.2 Å². The zero-order valence-corrected chi connectivity index (χ0v) is 18.6. The third-order valence-electron chi connectivity index (χ3n) is 4.74.